The molecule has 3 atom stereocenters. The number of benzene rings is 2. The number of hydrogen-bond acceptors (Lipinski definition) is 4. The lowest BCUT2D eigenvalue weighted by molar-refractivity contribution is -0.127. The van der Waals surface area contributed by atoms with Gasteiger partial charge in [-0.3, -0.25) is 20.4 Å². The van der Waals surface area contributed by atoms with E-state index in [0.717, 1.165) is 55.0 Å². The van der Waals surface area contributed by atoms with Crippen LogP contribution in [0.4, 0.5) is 0 Å². The van der Waals surface area contributed by atoms with Gasteiger partial charge in [0.15, 0.2) is 0 Å². The number of nitrogens with zero attached hydrogens (tertiary/aromatic N) is 1. The average Bonchev–Trinajstić information content (AvgIpc) is 3.26. The first-order chi connectivity index (χ1) is 14.7. The summed E-state index contributed by atoms with van der Waals surface area (Å²) < 4.78 is 0. The molecule has 6 heteroatoms. The molecule has 3 fully saturated rings. The first-order valence-corrected chi connectivity index (χ1v) is 11.2. The predicted molar refractivity (Wildman–Crippen MR) is 117 cm³/mol. The molecular formula is C24H30N4O2. The van der Waals surface area contributed by atoms with E-state index in [2.05, 4.69) is 16.2 Å². The van der Waals surface area contributed by atoms with Gasteiger partial charge in [0.1, 0.15) is 0 Å². The molecule has 30 heavy (non-hydrogen) atoms. The summed E-state index contributed by atoms with van der Waals surface area (Å²) in [6.07, 6.45) is 4.68. The van der Waals surface area contributed by atoms with Crippen LogP contribution < -0.4 is 16.2 Å². The molecule has 2 aromatic rings. The lowest BCUT2D eigenvalue weighted by atomic mass is 9.82. The molecule has 0 aromatic heterocycles. The number of amides is 2. The van der Waals surface area contributed by atoms with Gasteiger partial charge in [-0.2, -0.15) is 0 Å². The van der Waals surface area contributed by atoms with Crippen molar-refractivity contribution in [2.45, 2.75) is 44.2 Å². The summed E-state index contributed by atoms with van der Waals surface area (Å²) in [5, 5.41) is 5.38. The van der Waals surface area contributed by atoms with Gasteiger partial charge in [-0.1, -0.05) is 36.4 Å². The maximum absolute atomic E-state index is 13.1. The fourth-order valence-electron chi connectivity index (χ4n) is 5.38. The number of carbonyl (C=O) groups is 2. The van der Waals surface area contributed by atoms with Crippen LogP contribution in [0.2, 0.25) is 0 Å². The first kappa shape index (κ1) is 19.5. The monoisotopic (exact) mass is 406 g/mol. The molecule has 3 aliphatic rings. The van der Waals surface area contributed by atoms with Crippen molar-refractivity contribution < 1.29 is 9.59 Å². The Labute approximate surface area is 177 Å². The molecule has 1 aliphatic carbocycles. The summed E-state index contributed by atoms with van der Waals surface area (Å²) in [4.78, 5) is 27.9. The van der Waals surface area contributed by atoms with Crippen LogP contribution in [-0.2, 0) is 4.79 Å². The number of carbonyl (C=O) groups excluding carboxylic acids is 2. The van der Waals surface area contributed by atoms with Gasteiger partial charge in [0, 0.05) is 43.2 Å². The molecule has 2 aliphatic heterocycles. The minimum Gasteiger partial charge on any atom is -0.353 e. The van der Waals surface area contributed by atoms with Gasteiger partial charge < -0.3 is 10.2 Å². The predicted octanol–water partition coefficient (Wildman–Crippen LogP) is 2.45. The molecule has 0 bridgehead atoms. The van der Waals surface area contributed by atoms with E-state index >= 15 is 0 Å². The summed E-state index contributed by atoms with van der Waals surface area (Å²) in [6.45, 7) is 2.28. The van der Waals surface area contributed by atoms with E-state index in [9.17, 15) is 9.59 Å². The number of piperidine rings is 1. The molecule has 3 N–H and O–H groups in total. The third-order valence-electron chi connectivity index (χ3n) is 7.15. The first-order valence-electron chi connectivity index (χ1n) is 11.2. The third kappa shape index (κ3) is 3.82. The van der Waals surface area contributed by atoms with Crippen LogP contribution in [0.3, 0.4) is 0 Å². The number of likely N-dealkylation sites (tertiary alicyclic amines) is 1. The van der Waals surface area contributed by atoms with Crippen molar-refractivity contribution in [2.24, 2.45) is 11.8 Å². The normalized spacial score (nSPS) is 27.1. The van der Waals surface area contributed by atoms with Crippen LogP contribution in [0.25, 0.3) is 10.8 Å². The molecule has 1 saturated carbocycles. The molecule has 2 aromatic carbocycles. The van der Waals surface area contributed by atoms with Crippen LogP contribution in [0.15, 0.2) is 42.5 Å². The van der Waals surface area contributed by atoms with Crippen LogP contribution >= 0.6 is 0 Å². The minimum absolute atomic E-state index is 0.0131. The van der Waals surface area contributed by atoms with Gasteiger partial charge >= 0.3 is 0 Å². The lowest BCUT2D eigenvalue weighted by Crippen LogP contribution is -2.48. The Balaban J connectivity index is 1.17. The maximum atomic E-state index is 13.1. The van der Waals surface area contributed by atoms with E-state index < -0.39 is 0 Å². The zero-order valence-electron chi connectivity index (χ0n) is 17.3. The van der Waals surface area contributed by atoms with Gasteiger partial charge in [-0.05, 0) is 54.9 Å². The fraction of sp³-hybridized carbons (Fsp3) is 0.500. The van der Waals surface area contributed by atoms with Crippen molar-refractivity contribution in [3.05, 3.63) is 48.0 Å². The quantitative estimate of drug-likeness (QED) is 0.732. The van der Waals surface area contributed by atoms with Crippen molar-refractivity contribution in [1.29, 1.82) is 0 Å². The van der Waals surface area contributed by atoms with Crippen LogP contribution in [0, 0.1) is 11.8 Å². The smallest absolute Gasteiger partial charge is 0.254 e. The molecule has 6 nitrogen and oxygen atoms in total. The van der Waals surface area contributed by atoms with Gasteiger partial charge in [0.25, 0.3) is 5.91 Å². The summed E-state index contributed by atoms with van der Waals surface area (Å²) in [7, 11) is 0. The van der Waals surface area contributed by atoms with Crippen molar-refractivity contribution in [3.8, 4) is 0 Å². The summed E-state index contributed by atoms with van der Waals surface area (Å²) in [5.74, 6) is 0.878. The summed E-state index contributed by atoms with van der Waals surface area (Å²) >= 11 is 0. The average molecular weight is 407 g/mol. The molecule has 5 rings (SSSR count). The summed E-state index contributed by atoms with van der Waals surface area (Å²) in [6, 6.07) is 14.7. The number of hydrazine groups is 1. The largest absolute Gasteiger partial charge is 0.353 e. The Kier molecular flexibility index (Phi) is 5.44. The van der Waals surface area contributed by atoms with E-state index in [1.165, 1.54) is 0 Å². The number of rotatable bonds is 3. The van der Waals surface area contributed by atoms with Crippen LogP contribution in [-0.4, -0.2) is 48.4 Å². The van der Waals surface area contributed by atoms with E-state index in [4.69, 9.17) is 0 Å². The maximum Gasteiger partial charge on any atom is 0.254 e. The molecule has 2 saturated heterocycles. The Morgan fingerprint density at radius 3 is 2.63 bits per heavy atom. The Morgan fingerprint density at radius 1 is 0.967 bits per heavy atom. The molecular weight excluding hydrogens is 376 g/mol. The molecule has 158 valence electrons. The van der Waals surface area contributed by atoms with Crippen molar-refractivity contribution >= 4 is 22.6 Å². The summed E-state index contributed by atoms with van der Waals surface area (Å²) in [5.41, 5.74) is 7.33. The topological polar surface area (TPSA) is 73.5 Å². The standard InChI is InChI=1S/C24H30N4O2/c29-23(26-19-8-9-22-18(14-19)15-25-27-22)17-10-12-28(13-11-17)24(30)21-7-3-5-16-4-1-2-6-20(16)21/h1-7,17-19,22,25,27H,8-15H2,(H,26,29). The Morgan fingerprint density at radius 2 is 1.77 bits per heavy atom. The van der Waals surface area contributed by atoms with Gasteiger partial charge in [-0.15, -0.1) is 0 Å². The fourth-order valence-corrected chi connectivity index (χ4v) is 5.38. The second-order valence-corrected chi connectivity index (χ2v) is 9.00. The van der Waals surface area contributed by atoms with Crippen molar-refractivity contribution in [3.63, 3.8) is 0 Å². The third-order valence-corrected chi connectivity index (χ3v) is 7.15. The SMILES string of the molecule is O=C(NC1CCC2NNCC2C1)C1CCN(C(=O)c2cccc3ccccc23)CC1. The highest BCUT2D eigenvalue weighted by molar-refractivity contribution is 6.07. The van der Waals surface area contributed by atoms with Crippen LogP contribution in [0.1, 0.15) is 42.5 Å². The molecule has 2 heterocycles. The molecule has 2 amide bonds. The minimum atomic E-state index is 0.0131. The zero-order valence-corrected chi connectivity index (χ0v) is 17.3. The van der Waals surface area contributed by atoms with Crippen molar-refractivity contribution in [1.82, 2.24) is 21.1 Å². The number of nitrogens with one attached hydrogen (secondary N) is 3. The number of hydrogen-bond donors (Lipinski definition) is 3. The molecule has 0 spiro atoms. The Bertz CT molecular complexity index is 932. The highest BCUT2D eigenvalue weighted by atomic mass is 16.2. The van der Waals surface area contributed by atoms with Crippen LogP contribution in [0.5, 0.6) is 0 Å². The van der Waals surface area contributed by atoms with E-state index in [1.807, 2.05) is 47.4 Å². The van der Waals surface area contributed by atoms with E-state index in [1.54, 1.807) is 0 Å². The zero-order chi connectivity index (χ0) is 20.5. The highest BCUT2D eigenvalue weighted by Crippen LogP contribution is 2.28. The molecule has 0 radical (unpaired) electrons. The van der Waals surface area contributed by atoms with E-state index in [-0.39, 0.29) is 23.8 Å². The van der Waals surface area contributed by atoms with Gasteiger partial charge in [0.2, 0.25) is 5.91 Å². The van der Waals surface area contributed by atoms with E-state index in [0.29, 0.717) is 25.0 Å². The second-order valence-electron chi connectivity index (χ2n) is 9.00. The van der Waals surface area contributed by atoms with Crippen molar-refractivity contribution in [2.75, 3.05) is 19.6 Å². The number of fused-ring (bicyclic) bond motifs is 2. The lowest BCUT2D eigenvalue weighted by Gasteiger charge is -2.35. The van der Waals surface area contributed by atoms with Gasteiger partial charge in [-0.25, -0.2) is 0 Å². The highest BCUT2D eigenvalue weighted by Gasteiger charge is 2.35. The Hall–Kier alpha value is -2.44. The second kappa shape index (κ2) is 8.36. The van der Waals surface area contributed by atoms with Gasteiger partial charge in [0.05, 0.1) is 0 Å². The molecule has 3 unspecified atom stereocenters.